The highest BCUT2D eigenvalue weighted by Gasteiger charge is 2.32. The predicted molar refractivity (Wildman–Crippen MR) is 129 cm³/mol. The maximum absolute atomic E-state index is 13.1. The second-order valence-electron chi connectivity index (χ2n) is 8.35. The summed E-state index contributed by atoms with van der Waals surface area (Å²) in [5.41, 5.74) is 16.8. The van der Waals surface area contributed by atoms with Gasteiger partial charge in [0.2, 0.25) is 17.7 Å². The van der Waals surface area contributed by atoms with Crippen molar-refractivity contribution in [3.63, 3.8) is 0 Å². The van der Waals surface area contributed by atoms with E-state index in [1.54, 1.807) is 6.92 Å². The first-order valence-corrected chi connectivity index (χ1v) is 11.4. The van der Waals surface area contributed by atoms with Crippen LogP contribution in [0.2, 0.25) is 0 Å². The lowest BCUT2D eigenvalue weighted by molar-refractivity contribution is -0.142. The molecular weight excluding hydrogens is 458 g/mol. The number of aromatic nitrogens is 2. The lowest BCUT2D eigenvalue weighted by Crippen LogP contribution is -2.58. The Kier molecular flexibility index (Phi) is 12.2. The Labute approximate surface area is 203 Å². The molecule has 1 aromatic rings. The summed E-state index contributed by atoms with van der Waals surface area (Å²) in [4.78, 5) is 60.5. The molecule has 0 aliphatic carbocycles. The van der Waals surface area contributed by atoms with Crippen molar-refractivity contribution >= 4 is 29.7 Å². The van der Waals surface area contributed by atoms with Crippen molar-refractivity contribution in [1.29, 1.82) is 0 Å². The topological polar surface area (TPSA) is 244 Å². The maximum atomic E-state index is 13.1. The molecular formula is C21H37N9O5. The van der Waals surface area contributed by atoms with Gasteiger partial charge in [-0.15, -0.1) is 0 Å². The molecule has 1 aromatic heterocycles. The number of carboxylic acids is 1. The lowest BCUT2D eigenvalue weighted by atomic mass is 9.97. The fraction of sp³-hybridized carbons (Fsp3) is 0.619. The number of amides is 3. The number of hydrogen-bond donors (Lipinski definition) is 8. The van der Waals surface area contributed by atoms with Crippen LogP contribution in [0.1, 0.15) is 45.7 Å². The van der Waals surface area contributed by atoms with Gasteiger partial charge >= 0.3 is 5.97 Å². The predicted octanol–water partition coefficient (Wildman–Crippen LogP) is -2.06. The van der Waals surface area contributed by atoms with Gasteiger partial charge < -0.3 is 43.2 Å². The summed E-state index contributed by atoms with van der Waals surface area (Å²) in [6.07, 6.45) is 3.84. The second-order valence-corrected chi connectivity index (χ2v) is 8.35. The second kappa shape index (κ2) is 14.6. The van der Waals surface area contributed by atoms with Crippen LogP contribution >= 0.6 is 0 Å². The molecule has 5 atom stereocenters. The number of H-pyrrole nitrogens is 1. The molecule has 0 spiro atoms. The first-order chi connectivity index (χ1) is 16.5. The molecule has 0 saturated heterocycles. The Balaban J connectivity index is 3.03. The van der Waals surface area contributed by atoms with E-state index in [4.69, 9.17) is 17.2 Å². The zero-order valence-electron chi connectivity index (χ0n) is 20.3. The summed E-state index contributed by atoms with van der Waals surface area (Å²) in [6.45, 7) is 5.33. The standard InChI is InChI=1S/C21H37N9O5/c1-4-11(2)16(30-17(31)12(3)22)19(33)28-14(6-5-7-26-21(23)24)18(32)29-15(20(34)35)8-13-9-25-10-27-13/h9-12,14-16H,4-8,22H2,1-3H3,(H,25,27)(H,28,33)(H,29,32)(H,30,31)(H,34,35)(H4,23,24,26). The number of imidazole rings is 1. The summed E-state index contributed by atoms with van der Waals surface area (Å²) in [6, 6.07) is -4.12. The fourth-order valence-corrected chi connectivity index (χ4v) is 3.11. The monoisotopic (exact) mass is 495 g/mol. The van der Waals surface area contributed by atoms with E-state index in [-0.39, 0.29) is 31.3 Å². The molecule has 5 unspecified atom stereocenters. The Hall–Kier alpha value is -3.68. The van der Waals surface area contributed by atoms with Crippen LogP contribution in [0.15, 0.2) is 17.5 Å². The van der Waals surface area contributed by atoms with Crippen molar-refractivity contribution in [3.05, 3.63) is 18.2 Å². The van der Waals surface area contributed by atoms with E-state index in [0.717, 1.165) is 0 Å². The molecule has 1 heterocycles. The number of nitrogens with two attached hydrogens (primary N) is 3. The SMILES string of the molecule is CCC(C)C(NC(=O)C(C)N)C(=O)NC(CCCN=C(N)N)C(=O)NC(Cc1cnc[nH]1)C(=O)O. The van der Waals surface area contributed by atoms with Crippen LogP contribution in [0.25, 0.3) is 0 Å². The average Bonchev–Trinajstić information content (AvgIpc) is 3.30. The van der Waals surface area contributed by atoms with Gasteiger partial charge in [0.25, 0.3) is 0 Å². The number of aromatic amines is 1. The molecule has 3 amide bonds. The minimum absolute atomic E-state index is 0.0321. The Morgan fingerprint density at radius 3 is 2.26 bits per heavy atom. The van der Waals surface area contributed by atoms with Crippen molar-refractivity contribution in [2.75, 3.05) is 6.54 Å². The number of aliphatic carboxylic acids is 1. The van der Waals surface area contributed by atoms with Gasteiger partial charge in [-0.3, -0.25) is 19.4 Å². The van der Waals surface area contributed by atoms with Gasteiger partial charge in [0, 0.05) is 24.9 Å². The van der Waals surface area contributed by atoms with Crippen LogP contribution in [-0.2, 0) is 25.6 Å². The van der Waals surface area contributed by atoms with E-state index < -0.39 is 47.9 Å². The largest absolute Gasteiger partial charge is 0.480 e. The smallest absolute Gasteiger partial charge is 0.326 e. The number of nitrogens with one attached hydrogen (secondary N) is 4. The van der Waals surface area contributed by atoms with Crippen molar-refractivity contribution in [2.45, 2.75) is 70.6 Å². The maximum Gasteiger partial charge on any atom is 0.326 e. The minimum Gasteiger partial charge on any atom is -0.480 e. The average molecular weight is 496 g/mol. The number of aliphatic imine (C=N–C) groups is 1. The quantitative estimate of drug-likeness (QED) is 0.0756. The number of hydrogen-bond acceptors (Lipinski definition) is 7. The summed E-state index contributed by atoms with van der Waals surface area (Å²) < 4.78 is 0. The van der Waals surface area contributed by atoms with E-state index in [1.165, 1.54) is 19.4 Å². The third-order valence-corrected chi connectivity index (χ3v) is 5.38. The van der Waals surface area contributed by atoms with Crippen LogP contribution < -0.4 is 33.2 Å². The van der Waals surface area contributed by atoms with Crippen LogP contribution in [0.3, 0.4) is 0 Å². The third kappa shape index (κ3) is 10.4. The van der Waals surface area contributed by atoms with Crippen molar-refractivity contribution in [3.8, 4) is 0 Å². The minimum atomic E-state index is -1.26. The summed E-state index contributed by atoms with van der Waals surface area (Å²) in [5, 5.41) is 17.3. The molecule has 0 aromatic carbocycles. The fourth-order valence-electron chi connectivity index (χ4n) is 3.11. The highest BCUT2D eigenvalue weighted by Crippen LogP contribution is 2.10. The van der Waals surface area contributed by atoms with Crippen molar-refractivity contribution in [1.82, 2.24) is 25.9 Å². The van der Waals surface area contributed by atoms with E-state index in [1.807, 2.05) is 6.92 Å². The number of nitrogens with zero attached hydrogens (tertiary/aromatic N) is 2. The number of rotatable bonds is 15. The zero-order valence-corrected chi connectivity index (χ0v) is 20.3. The van der Waals surface area contributed by atoms with Crippen molar-refractivity contribution in [2.24, 2.45) is 28.1 Å². The van der Waals surface area contributed by atoms with Gasteiger partial charge in [-0.05, 0) is 25.7 Å². The molecule has 14 nitrogen and oxygen atoms in total. The Bertz CT molecular complexity index is 869. The van der Waals surface area contributed by atoms with Gasteiger partial charge in [-0.2, -0.15) is 0 Å². The first kappa shape index (κ1) is 29.4. The van der Waals surface area contributed by atoms with Gasteiger partial charge in [0.15, 0.2) is 5.96 Å². The first-order valence-electron chi connectivity index (χ1n) is 11.4. The van der Waals surface area contributed by atoms with Crippen LogP contribution in [0.4, 0.5) is 0 Å². The molecule has 11 N–H and O–H groups in total. The van der Waals surface area contributed by atoms with Crippen LogP contribution in [-0.4, -0.2) is 75.4 Å². The molecule has 196 valence electrons. The zero-order chi connectivity index (χ0) is 26.5. The third-order valence-electron chi connectivity index (χ3n) is 5.38. The molecule has 0 bridgehead atoms. The number of carboxylic acid groups (broad SMARTS) is 1. The van der Waals surface area contributed by atoms with Gasteiger partial charge in [0.05, 0.1) is 12.4 Å². The number of carbonyl (C=O) groups excluding carboxylic acids is 3. The highest BCUT2D eigenvalue weighted by molar-refractivity contribution is 5.94. The van der Waals surface area contributed by atoms with Gasteiger partial charge in [-0.25, -0.2) is 9.78 Å². The number of carbonyl (C=O) groups is 4. The van der Waals surface area contributed by atoms with E-state index in [2.05, 4.69) is 30.9 Å². The van der Waals surface area contributed by atoms with Crippen molar-refractivity contribution < 1.29 is 24.3 Å². The van der Waals surface area contributed by atoms with E-state index >= 15 is 0 Å². The van der Waals surface area contributed by atoms with Gasteiger partial charge in [0.1, 0.15) is 18.1 Å². The highest BCUT2D eigenvalue weighted by atomic mass is 16.4. The molecule has 14 heteroatoms. The molecule has 0 saturated carbocycles. The Morgan fingerprint density at radius 2 is 1.74 bits per heavy atom. The van der Waals surface area contributed by atoms with E-state index in [0.29, 0.717) is 18.5 Å². The molecule has 0 fully saturated rings. The molecule has 0 radical (unpaired) electrons. The Morgan fingerprint density at radius 1 is 1.09 bits per heavy atom. The van der Waals surface area contributed by atoms with E-state index in [9.17, 15) is 24.3 Å². The molecule has 0 aliphatic heterocycles. The van der Waals surface area contributed by atoms with Crippen LogP contribution in [0.5, 0.6) is 0 Å². The summed E-state index contributed by atoms with van der Waals surface area (Å²) in [5.74, 6) is -3.41. The molecule has 35 heavy (non-hydrogen) atoms. The molecule has 0 aliphatic rings. The van der Waals surface area contributed by atoms with Crippen LogP contribution in [0, 0.1) is 5.92 Å². The summed E-state index contributed by atoms with van der Waals surface area (Å²) >= 11 is 0. The molecule has 1 rings (SSSR count). The summed E-state index contributed by atoms with van der Waals surface area (Å²) in [7, 11) is 0. The van der Waals surface area contributed by atoms with Gasteiger partial charge in [-0.1, -0.05) is 20.3 Å². The lowest BCUT2D eigenvalue weighted by Gasteiger charge is -2.27. The number of guanidine groups is 1. The normalized spacial score (nSPS) is 15.1.